The zero-order valence-electron chi connectivity index (χ0n) is 10.6. The Labute approximate surface area is 107 Å². The average molecular weight is 248 g/mol. The maximum atomic E-state index is 3.49. The standard InChI is InChI=1S/C14H20N2S/c1-3-5-16-6-4-13(9-16)7-15-8-14-11-17-10-12(14)2/h4,6,9-11,15H,3,5,7-8H2,1-2H3. The predicted octanol–water partition coefficient (Wildman–Crippen LogP) is 3.56. The normalized spacial score (nSPS) is 10.9. The summed E-state index contributed by atoms with van der Waals surface area (Å²) >= 11 is 1.78. The number of hydrogen-bond donors (Lipinski definition) is 1. The Morgan fingerprint density at radius 2 is 2.18 bits per heavy atom. The molecular weight excluding hydrogens is 228 g/mol. The summed E-state index contributed by atoms with van der Waals surface area (Å²) in [5, 5.41) is 7.92. The van der Waals surface area contributed by atoms with Crippen LogP contribution in [0.2, 0.25) is 0 Å². The number of rotatable bonds is 6. The van der Waals surface area contributed by atoms with Crippen molar-refractivity contribution in [1.29, 1.82) is 0 Å². The summed E-state index contributed by atoms with van der Waals surface area (Å²) in [5.41, 5.74) is 4.18. The molecule has 0 saturated carbocycles. The molecule has 0 saturated heterocycles. The van der Waals surface area contributed by atoms with Gasteiger partial charge in [-0.1, -0.05) is 6.92 Å². The molecule has 3 heteroatoms. The van der Waals surface area contributed by atoms with Crippen molar-refractivity contribution in [3.63, 3.8) is 0 Å². The molecule has 0 bridgehead atoms. The van der Waals surface area contributed by atoms with Gasteiger partial charge in [-0.2, -0.15) is 11.3 Å². The van der Waals surface area contributed by atoms with Crippen molar-refractivity contribution in [3.8, 4) is 0 Å². The van der Waals surface area contributed by atoms with E-state index in [1.54, 1.807) is 11.3 Å². The molecule has 0 fully saturated rings. The first-order valence-electron chi connectivity index (χ1n) is 6.16. The largest absolute Gasteiger partial charge is 0.354 e. The third-order valence-electron chi connectivity index (χ3n) is 2.90. The molecule has 0 amide bonds. The maximum absolute atomic E-state index is 3.49. The van der Waals surface area contributed by atoms with Crippen molar-refractivity contribution in [2.24, 2.45) is 0 Å². The van der Waals surface area contributed by atoms with E-state index in [-0.39, 0.29) is 0 Å². The van der Waals surface area contributed by atoms with E-state index in [4.69, 9.17) is 0 Å². The van der Waals surface area contributed by atoms with Gasteiger partial charge in [-0.25, -0.2) is 0 Å². The van der Waals surface area contributed by atoms with E-state index in [9.17, 15) is 0 Å². The fourth-order valence-electron chi connectivity index (χ4n) is 1.90. The lowest BCUT2D eigenvalue weighted by molar-refractivity contribution is 0.668. The van der Waals surface area contributed by atoms with Gasteiger partial charge < -0.3 is 9.88 Å². The minimum Gasteiger partial charge on any atom is -0.354 e. The molecule has 0 spiro atoms. The van der Waals surface area contributed by atoms with Gasteiger partial charge in [-0.15, -0.1) is 0 Å². The second-order valence-electron chi connectivity index (χ2n) is 4.44. The molecule has 0 unspecified atom stereocenters. The molecule has 0 atom stereocenters. The highest BCUT2D eigenvalue weighted by atomic mass is 32.1. The van der Waals surface area contributed by atoms with E-state index in [0.717, 1.165) is 19.6 Å². The quantitative estimate of drug-likeness (QED) is 0.827. The van der Waals surface area contributed by atoms with Gasteiger partial charge in [-0.3, -0.25) is 0 Å². The second kappa shape index (κ2) is 6.03. The Morgan fingerprint density at radius 3 is 2.88 bits per heavy atom. The Bertz CT molecular complexity index is 456. The lowest BCUT2D eigenvalue weighted by atomic mass is 10.2. The zero-order chi connectivity index (χ0) is 12.1. The van der Waals surface area contributed by atoms with Crippen LogP contribution in [0.25, 0.3) is 0 Å². The van der Waals surface area contributed by atoms with Crippen molar-refractivity contribution in [1.82, 2.24) is 9.88 Å². The van der Waals surface area contributed by atoms with E-state index in [1.807, 2.05) is 0 Å². The number of nitrogens with zero attached hydrogens (tertiary/aromatic N) is 1. The molecule has 0 aromatic carbocycles. The van der Waals surface area contributed by atoms with Crippen molar-refractivity contribution >= 4 is 11.3 Å². The molecule has 0 aliphatic carbocycles. The van der Waals surface area contributed by atoms with E-state index < -0.39 is 0 Å². The third-order valence-corrected chi connectivity index (χ3v) is 3.81. The highest BCUT2D eigenvalue weighted by Gasteiger charge is 2.00. The molecule has 2 aromatic rings. The summed E-state index contributed by atoms with van der Waals surface area (Å²) < 4.78 is 2.26. The van der Waals surface area contributed by atoms with Crippen LogP contribution in [-0.2, 0) is 19.6 Å². The summed E-state index contributed by atoms with van der Waals surface area (Å²) in [5.74, 6) is 0. The third kappa shape index (κ3) is 3.45. The van der Waals surface area contributed by atoms with Crippen LogP contribution in [0, 0.1) is 6.92 Å². The molecule has 2 nitrogen and oxygen atoms in total. The molecule has 0 aliphatic heterocycles. The summed E-state index contributed by atoms with van der Waals surface area (Å²) in [6, 6.07) is 2.20. The van der Waals surface area contributed by atoms with Gasteiger partial charge in [0, 0.05) is 32.0 Å². The van der Waals surface area contributed by atoms with Crippen molar-refractivity contribution < 1.29 is 0 Å². The average Bonchev–Trinajstić information content (AvgIpc) is 2.90. The van der Waals surface area contributed by atoms with E-state index in [0.29, 0.717) is 0 Å². The van der Waals surface area contributed by atoms with Crippen LogP contribution in [0.3, 0.4) is 0 Å². The minimum atomic E-state index is 0.950. The molecule has 2 rings (SSSR count). The van der Waals surface area contributed by atoms with E-state index in [1.165, 1.54) is 23.1 Å². The fourth-order valence-corrected chi connectivity index (χ4v) is 2.76. The SMILES string of the molecule is CCCn1ccc(CNCc2cscc2C)c1. The van der Waals surface area contributed by atoms with Crippen molar-refractivity contribution in [3.05, 3.63) is 45.9 Å². The molecule has 92 valence electrons. The minimum absolute atomic E-state index is 0.950. The Hall–Kier alpha value is -1.06. The van der Waals surface area contributed by atoms with Gasteiger partial charge in [0.25, 0.3) is 0 Å². The highest BCUT2D eigenvalue weighted by molar-refractivity contribution is 7.08. The maximum Gasteiger partial charge on any atom is 0.0223 e. The summed E-state index contributed by atoms with van der Waals surface area (Å²) in [6.45, 7) is 7.41. The van der Waals surface area contributed by atoms with Crippen LogP contribution in [-0.4, -0.2) is 4.57 Å². The number of thiophene rings is 1. The van der Waals surface area contributed by atoms with Crippen LogP contribution >= 0.6 is 11.3 Å². The number of nitrogens with one attached hydrogen (secondary N) is 1. The summed E-state index contributed by atoms with van der Waals surface area (Å²) in [7, 11) is 0. The molecule has 0 aliphatic rings. The fraction of sp³-hybridized carbons (Fsp3) is 0.429. The molecular formula is C14H20N2S. The zero-order valence-corrected chi connectivity index (χ0v) is 11.4. The van der Waals surface area contributed by atoms with Gasteiger partial charge in [0.1, 0.15) is 0 Å². The first-order valence-corrected chi connectivity index (χ1v) is 7.11. The number of hydrogen-bond acceptors (Lipinski definition) is 2. The van der Waals surface area contributed by atoms with Crippen LogP contribution in [0.5, 0.6) is 0 Å². The molecule has 1 N–H and O–H groups in total. The van der Waals surface area contributed by atoms with Gasteiger partial charge in [0.05, 0.1) is 0 Å². The van der Waals surface area contributed by atoms with Gasteiger partial charge in [-0.05, 0) is 46.9 Å². The van der Waals surface area contributed by atoms with Crippen LogP contribution in [0.1, 0.15) is 30.0 Å². The second-order valence-corrected chi connectivity index (χ2v) is 5.18. The Balaban J connectivity index is 1.80. The van der Waals surface area contributed by atoms with Crippen LogP contribution in [0.15, 0.2) is 29.2 Å². The molecule has 2 heterocycles. The lowest BCUT2D eigenvalue weighted by Gasteiger charge is -2.03. The monoisotopic (exact) mass is 248 g/mol. The predicted molar refractivity (Wildman–Crippen MR) is 74.3 cm³/mol. The summed E-state index contributed by atoms with van der Waals surface area (Å²) in [6.07, 6.45) is 5.59. The number of aromatic nitrogens is 1. The first kappa shape index (κ1) is 12.4. The van der Waals surface area contributed by atoms with Gasteiger partial charge >= 0.3 is 0 Å². The van der Waals surface area contributed by atoms with Crippen molar-refractivity contribution in [2.45, 2.75) is 39.9 Å². The first-order chi connectivity index (χ1) is 8.29. The van der Waals surface area contributed by atoms with Crippen molar-refractivity contribution in [2.75, 3.05) is 0 Å². The van der Waals surface area contributed by atoms with E-state index in [2.05, 4.69) is 53.0 Å². The highest BCUT2D eigenvalue weighted by Crippen LogP contribution is 2.13. The van der Waals surface area contributed by atoms with E-state index >= 15 is 0 Å². The summed E-state index contributed by atoms with van der Waals surface area (Å²) in [4.78, 5) is 0. The topological polar surface area (TPSA) is 17.0 Å². The number of aryl methyl sites for hydroxylation is 2. The van der Waals surface area contributed by atoms with Crippen LogP contribution < -0.4 is 5.32 Å². The van der Waals surface area contributed by atoms with Crippen LogP contribution in [0.4, 0.5) is 0 Å². The van der Waals surface area contributed by atoms with Gasteiger partial charge in [0.15, 0.2) is 0 Å². The smallest absolute Gasteiger partial charge is 0.0223 e. The molecule has 17 heavy (non-hydrogen) atoms. The Kier molecular flexibility index (Phi) is 4.40. The van der Waals surface area contributed by atoms with Gasteiger partial charge in [0.2, 0.25) is 0 Å². The lowest BCUT2D eigenvalue weighted by Crippen LogP contribution is -2.12. The molecule has 0 radical (unpaired) electrons. The Morgan fingerprint density at radius 1 is 1.29 bits per heavy atom. The molecule has 2 aromatic heterocycles.